The normalized spacial score (nSPS) is 10.4. The Morgan fingerprint density at radius 2 is 1.92 bits per heavy atom. The molecule has 0 saturated carbocycles. The first-order chi connectivity index (χ1) is 5.68. The number of nitrogens with two attached hydrogens (primary N) is 1. The van der Waals surface area contributed by atoms with E-state index in [1.807, 2.05) is 24.3 Å². The van der Waals surface area contributed by atoms with Crippen LogP contribution in [0.3, 0.4) is 0 Å². The molecule has 1 rings (SSSR count). The van der Waals surface area contributed by atoms with E-state index in [2.05, 4.69) is 22.6 Å². The minimum Gasteiger partial charge on any atom is -0.366 e. The molecular formula is C9H8INO. The van der Waals surface area contributed by atoms with E-state index in [0.717, 1.165) is 5.56 Å². The Morgan fingerprint density at radius 3 is 2.42 bits per heavy atom. The number of primary amides is 1. The first-order valence-electron chi connectivity index (χ1n) is 3.41. The quantitative estimate of drug-likeness (QED) is 0.648. The molecule has 62 valence electrons. The fraction of sp³-hybridized carbons (Fsp3) is 0. The maximum absolute atomic E-state index is 10.4. The van der Waals surface area contributed by atoms with Crippen LogP contribution in [0.1, 0.15) is 5.56 Å². The highest BCUT2D eigenvalue weighted by Gasteiger charge is 1.87. The van der Waals surface area contributed by atoms with Crippen molar-refractivity contribution in [1.29, 1.82) is 0 Å². The standard InChI is InChI=1S/C9H8INO/c10-8-4-1-7(2-5-8)3-6-9(11)12/h1-6H,(H2,11,12)/b6-3-. The topological polar surface area (TPSA) is 43.1 Å². The highest BCUT2D eigenvalue weighted by Crippen LogP contribution is 2.07. The molecule has 0 spiro atoms. The third-order valence-electron chi connectivity index (χ3n) is 1.31. The van der Waals surface area contributed by atoms with Crippen molar-refractivity contribution in [2.75, 3.05) is 0 Å². The number of amides is 1. The molecule has 3 heteroatoms. The van der Waals surface area contributed by atoms with Gasteiger partial charge in [0.1, 0.15) is 0 Å². The fourth-order valence-corrected chi connectivity index (χ4v) is 1.11. The highest BCUT2D eigenvalue weighted by molar-refractivity contribution is 14.1. The second kappa shape index (κ2) is 4.25. The van der Waals surface area contributed by atoms with E-state index in [1.54, 1.807) is 6.08 Å². The minimum atomic E-state index is -0.423. The number of carbonyl (C=O) groups excluding carboxylic acids is 1. The molecule has 0 aliphatic rings. The van der Waals surface area contributed by atoms with Crippen LogP contribution in [-0.4, -0.2) is 5.91 Å². The second-order valence-corrected chi connectivity index (χ2v) is 3.53. The van der Waals surface area contributed by atoms with Gasteiger partial charge in [-0.3, -0.25) is 4.79 Å². The van der Waals surface area contributed by atoms with Gasteiger partial charge >= 0.3 is 0 Å². The Morgan fingerprint density at radius 1 is 1.33 bits per heavy atom. The van der Waals surface area contributed by atoms with Crippen LogP contribution in [0.15, 0.2) is 30.3 Å². The molecule has 2 nitrogen and oxygen atoms in total. The van der Waals surface area contributed by atoms with Gasteiger partial charge in [-0.2, -0.15) is 0 Å². The number of hydrogen-bond acceptors (Lipinski definition) is 1. The Kier molecular flexibility index (Phi) is 3.28. The van der Waals surface area contributed by atoms with Crippen molar-refractivity contribution in [2.45, 2.75) is 0 Å². The molecule has 0 saturated heterocycles. The molecule has 0 atom stereocenters. The Labute approximate surface area is 84.6 Å². The van der Waals surface area contributed by atoms with Gasteiger partial charge in [-0.05, 0) is 46.4 Å². The maximum Gasteiger partial charge on any atom is 0.241 e. The van der Waals surface area contributed by atoms with E-state index < -0.39 is 5.91 Å². The van der Waals surface area contributed by atoms with Crippen LogP contribution in [-0.2, 0) is 4.79 Å². The van der Waals surface area contributed by atoms with Gasteiger partial charge in [0.05, 0.1) is 0 Å². The van der Waals surface area contributed by atoms with Crippen molar-refractivity contribution in [1.82, 2.24) is 0 Å². The number of benzene rings is 1. The molecule has 12 heavy (non-hydrogen) atoms. The van der Waals surface area contributed by atoms with E-state index in [1.165, 1.54) is 9.65 Å². The smallest absolute Gasteiger partial charge is 0.241 e. The average molecular weight is 273 g/mol. The van der Waals surface area contributed by atoms with Crippen LogP contribution in [0.5, 0.6) is 0 Å². The lowest BCUT2D eigenvalue weighted by Gasteiger charge is -1.91. The maximum atomic E-state index is 10.4. The van der Waals surface area contributed by atoms with Crippen molar-refractivity contribution >= 4 is 34.6 Å². The van der Waals surface area contributed by atoms with Gasteiger partial charge in [0.15, 0.2) is 0 Å². The molecule has 0 aliphatic heterocycles. The third kappa shape index (κ3) is 3.04. The van der Waals surface area contributed by atoms with Crippen LogP contribution in [0, 0.1) is 3.57 Å². The number of rotatable bonds is 2. The Bertz CT molecular complexity index is 303. The molecule has 1 aromatic rings. The van der Waals surface area contributed by atoms with Crippen molar-refractivity contribution in [3.05, 3.63) is 39.5 Å². The number of carbonyl (C=O) groups is 1. The first kappa shape index (κ1) is 9.25. The SMILES string of the molecule is NC(=O)/C=C\c1ccc(I)cc1. The molecule has 0 heterocycles. The van der Waals surface area contributed by atoms with Gasteiger partial charge in [0.25, 0.3) is 0 Å². The van der Waals surface area contributed by atoms with Gasteiger partial charge < -0.3 is 5.73 Å². The summed E-state index contributed by atoms with van der Waals surface area (Å²) in [5, 5.41) is 0. The van der Waals surface area contributed by atoms with Gasteiger partial charge in [-0.1, -0.05) is 12.1 Å². The van der Waals surface area contributed by atoms with Gasteiger partial charge in [-0.25, -0.2) is 0 Å². The van der Waals surface area contributed by atoms with E-state index >= 15 is 0 Å². The Balaban J connectivity index is 2.77. The van der Waals surface area contributed by atoms with Crippen LogP contribution in [0.2, 0.25) is 0 Å². The van der Waals surface area contributed by atoms with E-state index in [4.69, 9.17) is 5.73 Å². The van der Waals surface area contributed by atoms with Gasteiger partial charge in [0, 0.05) is 9.65 Å². The molecule has 1 aromatic carbocycles. The average Bonchev–Trinajstić information content (AvgIpc) is 2.03. The summed E-state index contributed by atoms with van der Waals surface area (Å²) in [7, 11) is 0. The van der Waals surface area contributed by atoms with Crippen LogP contribution >= 0.6 is 22.6 Å². The molecule has 0 aliphatic carbocycles. The molecule has 0 unspecified atom stereocenters. The van der Waals surface area contributed by atoms with Crippen molar-refractivity contribution in [2.24, 2.45) is 5.73 Å². The summed E-state index contributed by atoms with van der Waals surface area (Å²) in [6.07, 6.45) is 3.04. The molecule has 0 bridgehead atoms. The van der Waals surface area contributed by atoms with Gasteiger partial charge in [0.2, 0.25) is 5.91 Å². The van der Waals surface area contributed by atoms with E-state index in [9.17, 15) is 4.79 Å². The summed E-state index contributed by atoms with van der Waals surface area (Å²) in [6, 6.07) is 7.81. The minimum absolute atomic E-state index is 0.423. The highest BCUT2D eigenvalue weighted by atomic mass is 127. The molecule has 0 aromatic heterocycles. The van der Waals surface area contributed by atoms with Crippen molar-refractivity contribution < 1.29 is 4.79 Å². The summed E-state index contributed by atoms with van der Waals surface area (Å²) < 4.78 is 1.17. The summed E-state index contributed by atoms with van der Waals surface area (Å²) in [5.41, 5.74) is 5.92. The lowest BCUT2D eigenvalue weighted by molar-refractivity contribution is -0.113. The summed E-state index contributed by atoms with van der Waals surface area (Å²) >= 11 is 2.22. The fourth-order valence-electron chi connectivity index (χ4n) is 0.752. The van der Waals surface area contributed by atoms with Crippen LogP contribution in [0.25, 0.3) is 6.08 Å². The molecule has 1 amide bonds. The summed E-state index contributed by atoms with van der Waals surface area (Å²) in [5.74, 6) is -0.423. The first-order valence-corrected chi connectivity index (χ1v) is 4.49. The van der Waals surface area contributed by atoms with Crippen molar-refractivity contribution in [3.63, 3.8) is 0 Å². The predicted molar refractivity (Wildman–Crippen MR) is 57.4 cm³/mol. The number of halogens is 1. The molecule has 0 radical (unpaired) electrons. The predicted octanol–water partition coefficient (Wildman–Crippen LogP) is 1.79. The Hall–Kier alpha value is -0.840. The number of hydrogen-bond donors (Lipinski definition) is 1. The summed E-state index contributed by atoms with van der Waals surface area (Å²) in [6.45, 7) is 0. The zero-order valence-corrected chi connectivity index (χ0v) is 8.49. The van der Waals surface area contributed by atoms with Crippen LogP contribution in [0.4, 0.5) is 0 Å². The van der Waals surface area contributed by atoms with E-state index in [-0.39, 0.29) is 0 Å². The van der Waals surface area contributed by atoms with E-state index in [0.29, 0.717) is 0 Å². The molecule has 2 N–H and O–H groups in total. The molecular weight excluding hydrogens is 265 g/mol. The van der Waals surface area contributed by atoms with Crippen LogP contribution < -0.4 is 5.73 Å². The van der Waals surface area contributed by atoms with Gasteiger partial charge in [-0.15, -0.1) is 0 Å². The second-order valence-electron chi connectivity index (χ2n) is 2.29. The summed E-state index contributed by atoms with van der Waals surface area (Å²) in [4.78, 5) is 10.4. The zero-order valence-electron chi connectivity index (χ0n) is 6.33. The molecule has 0 fully saturated rings. The zero-order chi connectivity index (χ0) is 8.97. The lowest BCUT2D eigenvalue weighted by Crippen LogP contribution is -2.04. The largest absolute Gasteiger partial charge is 0.366 e. The lowest BCUT2D eigenvalue weighted by atomic mass is 10.2. The third-order valence-corrected chi connectivity index (χ3v) is 2.03. The monoisotopic (exact) mass is 273 g/mol. The van der Waals surface area contributed by atoms with Crippen molar-refractivity contribution in [3.8, 4) is 0 Å².